The molecule has 0 aliphatic rings. The van der Waals surface area contributed by atoms with Crippen LogP contribution in [0.4, 0.5) is 4.39 Å². The van der Waals surface area contributed by atoms with Crippen molar-refractivity contribution < 1.29 is 4.39 Å². The Morgan fingerprint density at radius 1 is 1.17 bits per heavy atom. The van der Waals surface area contributed by atoms with E-state index < -0.39 is 17.1 Å². The van der Waals surface area contributed by atoms with Crippen LogP contribution in [-0.2, 0) is 20.6 Å². The standard InChI is InChI=1S/C14H11Cl2FN4O2/c1-19-11-10(12(22)20(2)14(19)23)21(13(16)18-11)6-7-3-4-8(17)5-9(7)15/h3-5H,6H2,1-2H3. The lowest BCUT2D eigenvalue weighted by atomic mass is 10.2. The molecule has 0 bridgehead atoms. The smallest absolute Gasteiger partial charge is 0.304 e. The van der Waals surface area contributed by atoms with E-state index >= 15 is 0 Å². The molecule has 0 aliphatic heterocycles. The highest BCUT2D eigenvalue weighted by atomic mass is 35.5. The Morgan fingerprint density at radius 2 is 1.87 bits per heavy atom. The van der Waals surface area contributed by atoms with Crippen molar-refractivity contribution in [1.29, 1.82) is 0 Å². The number of rotatable bonds is 2. The molecule has 0 amide bonds. The molecule has 0 saturated carbocycles. The summed E-state index contributed by atoms with van der Waals surface area (Å²) in [5.74, 6) is -0.460. The van der Waals surface area contributed by atoms with Crippen molar-refractivity contribution in [3.63, 3.8) is 0 Å². The third kappa shape index (κ3) is 2.46. The van der Waals surface area contributed by atoms with E-state index in [4.69, 9.17) is 23.2 Å². The summed E-state index contributed by atoms with van der Waals surface area (Å²) in [6.45, 7) is 0.127. The predicted octanol–water partition coefficient (Wildman–Crippen LogP) is 1.93. The molecule has 23 heavy (non-hydrogen) atoms. The van der Waals surface area contributed by atoms with Gasteiger partial charge in [-0.2, -0.15) is 4.98 Å². The first-order valence-electron chi connectivity index (χ1n) is 6.57. The van der Waals surface area contributed by atoms with E-state index in [2.05, 4.69) is 4.98 Å². The van der Waals surface area contributed by atoms with Crippen LogP contribution in [0.3, 0.4) is 0 Å². The predicted molar refractivity (Wildman–Crippen MR) is 85.7 cm³/mol. The lowest BCUT2D eigenvalue weighted by Gasteiger charge is -2.09. The number of imidazole rings is 1. The molecule has 1 aromatic carbocycles. The molecule has 2 aromatic heterocycles. The monoisotopic (exact) mass is 356 g/mol. The van der Waals surface area contributed by atoms with Crippen LogP contribution in [-0.4, -0.2) is 18.7 Å². The van der Waals surface area contributed by atoms with Crippen LogP contribution in [0, 0.1) is 5.82 Å². The molecule has 0 aliphatic carbocycles. The Hall–Kier alpha value is -2.12. The summed E-state index contributed by atoms with van der Waals surface area (Å²) in [4.78, 5) is 28.4. The van der Waals surface area contributed by atoms with E-state index in [0.29, 0.717) is 5.56 Å². The molecule has 9 heteroatoms. The van der Waals surface area contributed by atoms with E-state index in [1.165, 1.54) is 41.4 Å². The Balaban J connectivity index is 2.28. The van der Waals surface area contributed by atoms with Gasteiger partial charge in [0.25, 0.3) is 5.56 Å². The molecule has 0 spiro atoms. The maximum atomic E-state index is 13.2. The molecule has 0 saturated heterocycles. The number of aryl methyl sites for hydroxylation is 1. The summed E-state index contributed by atoms with van der Waals surface area (Å²) in [6, 6.07) is 3.95. The zero-order valence-corrected chi connectivity index (χ0v) is 13.7. The van der Waals surface area contributed by atoms with Crippen molar-refractivity contribution in [2.75, 3.05) is 0 Å². The van der Waals surface area contributed by atoms with Crippen molar-refractivity contribution in [1.82, 2.24) is 18.7 Å². The van der Waals surface area contributed by atoms with Crippen molar-refractivity contribution in [2.24, 2.45) is 14.1 Å². The fraction of sp³-hybridized carbons (Fsp3) is 0.214. The minimum absolute atomic E-state index is 0.0405. The van der Waals surface area contributed by atoms with Gasteiger partial charge in [0.1, 0.15) is 5.82 Å². The maximum Gasteiger partial charge on any atom is 0.332 e. The lowest BCUT2D eigenvalue weighted by Crippen LogP contribution is -2.37. The van der Waals surface area contributed by atoms with Gasteiger partial charge in [-0.1, -0.05) is 17.7 Å². The lowest BCUT2D eigenvalue weighted by molar-refractivity contribution is 0.626. The topological polar surface area (TPSA) is 61.8 Å². The van der Waals surface area contributed by atoms with Gasteiger partial charge in [-0.05, 0) is 29.3 Å². The van der Waals surface area contributed by atoms with E-state index in [1.807, 2.05) is 0 Å². The third-order valence-corrected chi connectivity index (χ3v) is 4.29. The highest BCUT2D eigenvalue weighted by Gasteiger charge is 2.18. The minimum atomic E-state index is -0.513. The number of nitrogens with zero attached hydrogens (tertiary/aromatic N) is 4. The quantitative estimate of drug-likeness (QED) is 0.659. The molecular formula is C14H11Cl2FN4O2. The Labute approximate surface area is 139 Å². The van der Waals surface area contributed by atoms with Crippen LogP contribution >= 0.6 is 23.2 Å². The first kappa shape index (κ1) is 15.8. The molecule has 120 valence electrons. The number of fused-ring (bicyclic) bond motifs is 1. The number of halogens is 3. The summed E-state index contributed by atoms with van der Waals surface area (Å²) < 4.78 is 16.8. The van der Waals surface area contributed by atoms with Gasteiger partial charge in [0.2, 0.25) is 5.28 Å². The first-order chi connectivity index (χ1) is 10.8. The Bertz CT molecular complexity index is 1050. The second-order valence-corrected chi connectivity index (χ2v) is 5.83. The van der Waals surface area contributed by atoms with Gasteiger partial charge >= 0.3 is 5.69 Å². The molecule has 0 N–H and O–H groups in total. The summed E-state index contributed by atoms with van der Waals surface area (Å²) >= 11 is 12.1. The fourth-order valence-electron chi connectivity index (χ4n) is 2.38. The highest BCUT2D eigenvalue weighted by Crippen LogP contribution is 2.22. The molecule has 0 unspecified atom stereocenters. The van der Waals surface area contributed by atoms with Gasteiger partial charge in [-0.15, -0.1) is 0 Å². The first-order valence-corrected chi connectivity index (χ1v) is 7.32. The molecule has 0 atom stereocenters. The van der Waals surface area contributed by atoms with Crippen LogP contribution in [0.2, 0.25) is 10.3 Å². The van der Waals surface area contributed by atoms with E-state index in [0.717, 1.165) is 4.57 Å². The SMILES string of the molecule is Cn1c(=O)c2c(nc(Cl)n2Cc2ccc(F)cc2Cl)n(C)c1=O. The average molecular weight is 357 g/mol. The highest BCUT2D eigenvalue weighted by molar-refractivity contribution is 6.31. The second kappa shape index (κ2) is 5.50. The van der Waals surface area contributed by atoms with Crippen molar-refractivity contribution in [2.45, 2.75) is 6.54 Å². The Morgan fingerprint density at radius 3 is 2.52 bits per heavy atom. The molecular weight excluding hydrogens is 346 g/mol. The fourth-order valence-corrected chi connectivity index (χ4v) is 2.84. The van der Waals surface area contributed by atoms with Gasteiger partial charge in [0, 0.05) is 19.1 Å². The zero-order valence-electron chi connectivity index (χ0n) is 12.2. The van der Waals surface area contributed by atoms with Crippen LogP contribution in [0.5, 0.6) is 0 Å². The molecule has 3 rings (SSSR count). The average Bonchev–Trinajstić information content (AvgIpc) is 2.83. The number of hydrogen-bond acceptors (Lipinski definition) is 3. The van der Waals surface area contributed by atoms with Crippen LogP contribution in [0.25, 0.3) is 11.2 Å². The largest absolute Gasteiger partial charge is 0.332 e. The molecule has 3 aromatic rings. The molecule has 2 heterocycles. The van der Waals surface area contributed by atoms with Crippen LogP contribution in [0.1, 0.15) is 5.56 Å². The summed E-state index contributed by atoms with van der Waals surface area (Å²) in [5.41, 5.74) is -0.0733. The molecule has 0 fully saturated rings. The van der Waals surface area contributed by atoms with Gasteiger partial charge in [0.15, 0.2) is 11.2 Å². The van der Waals surface area contributed by atoms with Crippen LogP contribution in [0.15, 0.2) is 27.8 Å². The minimum Gasteiger partial charge on any atom is -0.304 e. The normalized spacial score (nSPS) is 11.3. The van der Waals surface area contributed by atoms with E-state index in [1.54, 1.807) is 0 Å². The van der Waals surface area contributed by atoms with Crippen molar-refractivity contribution >= 4 is 34.4 Å². The summed E-state index contributed by atoms with van der Waals surface area (Å²) in [5, 5.41) is 0.253. The van der Waals surface area contributed by atoms with Crippen LogP contribution < -0.4 is 11.2 Å². The van der Waals surface area contributed by atoms with Gasteiger partial charge in [-0.3, -0.25) is 13.9 Å². The number of aromatic nitrogens is 4. The molecule has 6 nitrogen and oxygen atoms in total. The van der Waals surface area contributed by atoms with Gasteiger partial charge in [0.05, 0.1) is 6.54 Å². The summed E-state index contributed by atoms with van der Waals surface area (Å²) in [7, 11) is 2.88. The molecule has 0 radical (unpaired) electrons. The van der Waals surface area contributed by atoms with E-state index in [-0.39, 0.29) is 28.0 Å². The third-order valence-electron chi connectivity index (χ3n) is 3.64. The zero-order chi connectivity index (χ0) is 16.9. The Kier molecular flexibility index (Phi) is 3.77. The second-order valence-electron chi connectivity index (χ2n) is 5.08. The van der Waals surface area contributed by atoms with Crippen molar-refractivity contribution in [3.8, 4) is 0 Å². The van der Waals surface area contributed by atoms with Gasteiger partial charge < -0.3 is 4.57 Å². The number of hydrogen-bond donors (Lipinski definition) is 0. The number of benzene rings is 1. The maximum absolute atomic E-state index is 13.2. The van der Waals surface area contributed by atoms with Crippen molar-refractivity contribution in [3.05, 3.63) is 60.7 Å². The van der Waals surface area contributed by atoms with Gasteiger partial charge in [-0.25, -0.2) is 9.18 Å². The summed E-state index contributed by atoms with van der Waals surface area (Å²) in [6.07, 6.45) is 0. The van der Waals surface area contributed by atoms with E-state index in [9.17, 15) is 14.0 Å².